The highest BCUT2D eigenvalue weighted by molar-refractivity contribution is 5.15. The van der Waals surface area contributed by atoms with E-state index >= 15 is 0 Å². The monoisotopic (exact) mass is 224 g/mol. The fraction of sp³-hybridized carbons (Fsp3) is 0.385. The summed E-state index contributed by atoms with van der Waals surface area (Å²) in [5.41, 5.74) is 0. The quantitative estimate of drug-likeness (QED) is 0.352. The molecule has 0 atom stereocenters. The molecule has 0 spiro atoms. The van der Waals surface area contributed by atoms with E-state index in [4.69, 9.17) is 15.3 Å². The topological polar surface area (TPSA) is 60.7 Å². The van der Waals surface area contributed by atoms with Crippen molar-refractivity contribution in [2.75, 3.05) is 0 Å². The molecule has 0 unspecified atom stereocenters. The molecule has 90 valence electrons. The average Bonchev–Trinajstić information content (AvgIpc) is 2.19. The van der Waals surface area contributed by atoms with Gasteiger partial charge in [0.2, 0.25) is 0 Å². The summed E-state index contributed by atoms with van der Waals surface area (Å²) in [5, 5.41) is 25.5. The number of hydrogen-bond donors (Lipinski definition) is 3. The van der Waals surface area contributed by atoms with E-state index in [1.807, 2.05) is 18.2 Å². The van der Waals surface area contributed by atoms with Crippen molar-refractivity contribution in [3.05, 3.63) is 48.6 Å². The van der Waals surface area contributed by atoms with Crippen molar-refractivity contribution in [1.29, 1.82) is 0 Å². The van der Waals surface area contributed by atoms with Gasteiger partial charge < -0.3 is 15.3 Å². The van der Waals surface area contributed by atoms with Gasteiger partial charge in [0.25, 0.3) is 5.97 Å². The van der Waals surface area contributed by atoms with Crippen molar-refractivity contribution < 1.29 is 15.3 Å². The minimum absolute atomic E-state index is 0.869. The van der Waals surface area contributed by atoms with E-state index in [-0.39, 0.29) is 0 Å². The molecule has 0 aliphatic carbocycles. The fourth-order valence-electron chi connectivity index (χ4n) is 0.938. The second-order valence-corrected chi connectivity index (χ2v) is 3.39. The predicted octanol–water partition coefficient (Wildman–Crippen LogP) is 2.03. The van der Waals surface area contributed by atoms with Crippen LogP contribution in [-0.2, 0) is 0 Å². The summed E-state index contributed by atoms with van der Waals surface area (Å²) in [5.74, 6) is -2.73. The van der Waals surface area contributed by atoms with Crippen LogP contribution in [0.1, 0.15) is 26.2 Å². The van der Waals surface area contributed by atoms with Crippen LogP contribution in [0.5, 0.6) is 0 Å². The van der Waals surface area contributed by atoms with Crippen LogP contribution in [0.2, 0.25) is 0 Å². The van der Waals surface area contributed by atoms with Gasteiger partial charge in [-0.1, -0.05) is 62.3 Å². The van der Waals surface area contributed by atoms with E-state index in [1.54, 1.807) is 12.2 Å². The highest BCUT2D eigenvalue weighted by Gasteiger charge is 2.10. The van der Waals surface area contributed by atoms with Crippen LogP contribution in [0, 0.1) is 0 Å². The third-order valence-electron chi connectivity index (χ3n) is 1.74. The van der Waals surface area contributed by atoms with Gasteiger partial charge in [-0.15, -0.1) is 0 Å². The van der Waals surface area contributed by atoms with E-state index in [0.717, 1.165) is 12.5 Å². The first-order valence-corrected chi connectivity index (χ1v) is 5.41. The van der Waals surface area contributed by atoms with Crippen LogP contribution < -0.4 is 0 Å². The van der Waals surface area contributed by atoms with Crippen LogP contribution in [0.4, 0.5) is 0 Å². The fourth-order valence-corrected chi connectivity index (χ4v) is 0.938. The van der Waals surface area contributed by atoms with Crippen LogP contribution in [0.25, 0.3) is 0 Å². The van der Waals surface area contributed by atoms with Crippen molar-refractivity contribution in [1.82, 2.24) is 0 Å². The number of hydrogen-bond acceptors (Lipinski definition) is 3. The lowest BCUT2D eigenvalue weighted by Crippen LogP contribution is -2.22. The Bertz CT molecular complexity index is 267. The van der Waals surface area contributed by atoms with Gasteiger partial charge in [0.15, 0.2) is 0 Å². The van der Waals surface area contributed by atoms with Crippen LogP contribution in [0.15, 0.2) is 48.6 Å². The SMILES string of the molecule is CCCCC=CC=CC=CC=CC(O)(O)O. The van der Waals surface area contributed by atoms with Gasteiger partial charge in [-0.2, -0.15) is 0 Å². The Hall–Kier alpha value is -1.16. The first kappa shape index (κ1) is 14.8. The third kappa shape index (κ3) is 12.8. The van der Waals surface area contributed by atoms with E-state index in [2.05, 4.69) is 13.0 Å². The Labute approximate surface area is 96.7 Å². The summed E-state index contributed by atoms with van der Waals surface area (Å²) < 4.78 is 0. The third-order valence-corrected chi connectivity index (χ3v) is 1.74. The smallest absolute Gasteiger partial charge is 0.297 e. The summed E-state index contributed by atoms with van der Waals surface area (Å²) in [6.07, 6.45) is 16.8. The molecule has 3 heteroatoms. The molecule has 16 heavy (non-hydrogen) atoms. The molecular formula is C13H20O3. The van der Waals surface area contributed by atoms with E-state index in [0.29, 0.717) is 0 Å². The second-order valence-electron chi connectivity index (χ2n) is 3.39. The lowest BCUT2D eigenvalue weighted by molar-refractivity contribution is -0.273. The molecule has 0 amide bonds. The molecule has 0 radical (unpaired) electrons. The normalized spacial score (nSPS) is 14.0. The maximum Gasteiger partial charge on any atom is 0.297 e. The van der Waals surface area contributed by atoms with Gasteiger partial charge in [0.05, 0.1) is 0 Å². The molecular weight excluding hydrogens is 204 g/mol. The molecule has 0 aromatic rings. The highest BCUT2D eigenvalue weighted by Crippen LogP contribution is 1.96. The van der Waals surface area contributed by atoms with Crippen LogP contribution in [0.3, 0.4) is 0 Å². The molecule has 0 bridgehead atoms. The number of unbranched alkanes of at least 4 members (excludes halogenated alkanes) is 2. The zero-order valence-electron chi connectivity index (χ0n) is 9.58. The zero-order valence-corrected chi connectivity index (χ0v) is 9.58. The molecule has 0 saturated heterocycles. The summed E-state index contributed by atoms with van der Waals surface area (Å²) in [6, 6.07) is 0. The maximum atomic E-state index is 8.50. The molecule has 0 aromatic carbocycles. The average molecular weight is 224 g/mol. The minimum atomic E-state index is -2.73. The molecule has 0 fully saturated rings. The molecule has 0 aliphatic rings. The summed E-state index contributed by atoms with van der Waals surface area (Å²) in [6.45, 7) is 2.16. The first-order valence-electron chi connectivity index (χ1n) is 5.41. The van der Waals surface area contributed by atoms with Gasteiger partial charge >= 0.3 is 0 Å². The Balaban J connectivity index is 3.71. The lowest BCUT2D eigenvalue weighted by atomic mass is 10.2. The molecule has 3 nitrogen and oxygen atoms in total. The van der Waals surface area contributed by atoms with Crippen molar-refractivity contribution in [2.45, 2.75) is 32.2 Å². The van der Waals surface area contributed by atoms with Gasteiger partial charge in [-0.05, 0) is 6.42 Å². The molecule has 3 N–H and O–H groups in total. The Morgan fingerprint density at radius 2 is 1.44 bits per heavy atom. The standard InChI is InChI=1S/C13H20O3/c1-2-3-4-5-6-7-8-9-10-11-12-13(14,15)16/h5-12,14-16H,2-4H2,1H3. The molecule has 0 aliphatic heterocycles. The maximum absolute atomic E-state index is 8.50. The van der Waals surface area contributed by atoms with Crippen molar-refractivity contribution in [3.63, 3.8) is 0 Å². The molecule has 0 rings (SSSR count). The number of allylic oxidation sites excluding steroid dienone is 7. The van der Waals surface area contributed by atoms with Gasteiger partial charge in [0, 0.05) is 6.08 Å². The first-order chi connectivity index (χ1) is 7.56. The summed E-state index contributed by atoms with van der Waals surface area (Å²) in [7, 11) is 0. The van der Waals surface area contributed by atoms with E-state index in [1.165, 1.54) is 18.9 Å². The lowest BCUT2D eigenvalue weighted by Gasteiger charge is -2.05. The number of aliphatic hydroxyl groups is 3. The van der Waals surface area contributed by atoms with Crippen molar-refractivity contribution >= 4 is 0 Å². The Morgan fingerprint density at radius 1 is 0.875 bits per heavy atom. The van der Waals surface area contributed by atoms with Crippen LogP contribution in [-0.4, -0.2) is 21.3 Å². The van der Waals surface area contributed by atoms with Gasteiger partial charge in [0.1, 0.15) is 0 Å². The second kappa shape index (κ2) is 9.09. The van der Waals surface area contributed by atoms with E-state index in [9.17, 15) is 0 Å². The minimum Gasteiger partial charge on any atom is -0.340 e. The highest BCUT2D eigenvalue weighted by atomic mass is 16.7. The van der Waals surface area contributed by atoms with Crippen molar-refractivity contribution in [3.8, 4) is 0 Å². The van der Waals surface area contributed by atoms with Gasteiger partial charge in [-0.3, -0.25) is 0 Å². The summed E-state index contributed by atoms with van der Waals surface area (Å²) >= 11 is 0. The van der Waals surface area contributed by atoms with Gasteiger partial charge in [-0.25, -0.2) is 0 Å². The zero-order chi connectivity index (χ0) is 12.3. The predicted molar refractivity (Wildman–Crippen MR) is 65.5 cm³/mol. The number of rotatable bonds is 7. The molecule has 0 heterocycles. The van der Waals surface area contributed by atoms with Crippen LogP contribution >= 0.6 is 0 Å². The Morgan fingerprint density at radius 3 is 2.00 bits per heavy atom. The largest absolute Gasteiger partial charge is 0.340 e. The summed E-state index contributed by atoms with van der Waals surface area (Å²) in [4.78, 5) is 0. The Kier molecular flexibility index (Phi) is 8.43. The van der Waals surface area contributed by atoms with E-state index < -0.39 is 5.97 Å². The van der Waals surface area contributed by atoms with Crippen molar-refractivity contribution in [2.24, 2.45) is 0 Å². The molecule has 0 aromatic heterocycles. The molecule has 0 saturated carbocycles.